The van der Waals surface area contributed by atoms with E-state index in [1.54, 1.807) is 0 Å². The van der Waals surface area contributed by atoms with Crippen LogP contribution < -0.4 is 0 Å². The molecule has 0 N–H and O–H groups in total. The minimum atomic E-state index is -2.44. The summed E-state index contributed by atoms with van der Waals surface area (Å²) in [5.74, 6) is -0.612. The maximum absolute atomic E-state index is 11.4. The molecule has 0 unspecified atom stereocenters. The molecule has 80 valence electrons. The molecule has 1 aliphatic rings. The molecule has 1 nitrogen and oxygen atoms in total. The van der Waals surface area contributed by atoms with Crippen molar-refractivity contribution in [1.29, 1.82) is 0 Å². The van der Waals surface area contributed by atoms with Crippen LogP contribution in [0.5, 0.6) is 0 Å². The Hall–Kier alpha value is -0.590. The van der Waals surface area contributed by atoms with Crippen LogP contribution in [0.3, 0.4) is 0 Å². The predicted molar refractivity (Wildman–Crippen MR) is 60.2 cm³/mol. The number of Topliss-reactive ketones (excluding diaryl/α,β-unsaturated/α-hetero) is 1. The van der Waals surface area contributed by atoms with Crippen LogP contribution in [0.1, 0.15) is 63.8 Å². The third-order valence-corrected chi connectivity index (χ3v) is 3.29. The van der Waals surface area contributed by atoms with Crippen LogP contribution in [-0.2, 0) is 4.79 Å². The molecule has 0 aromatic carbocycles. The Bertz CT molecular complexity index is 337. The highest BCUT2D eigenvalue weighted by Gasteiger charge is 2.27. The molecule has 0 bridgehead atoms. The molecule has 0 radical (unpaired) electrons. The molecule has 0 atom stereocenters. The average Bonchev–Trinajstić information content (AvgIpc) is 2.14. The van der Waals surface area contributed by atoms with Crippen molar-refractivity contribution >= 4 is 5.78 Å². The van der Waals surface area contributed by atoms with Gasteiger partial charge in [0.05, 0.1) is 0 Å². The van der Waals surface area contributed by atoms with Gasteiger partial charge in [0.25, 0.3) is 0 Å². The predicted octanol–water partition coefficient (Wildman–Crippen LogP) is 3.88. The maximum atomic E-state index is 11.4. The highest BCUT2D eigenvalue weighted by atomic mass is 16.1. The fraction of sp³-hybridized carbons (Fsp3) is 0.769. The minimum Gasteiger partial charge on any atom is -0.300 e. The SMILES string of the molecule is [2H]C([2H])([2H])C(=O)CCC1=C(C)CCCC1(C)C. The zero-order valence-electron chi connectivity index (χ0n) is 12.4. The fourth-order valence-electron chi connectivity index (χ4n) is 2.47. The van der Waals surface area contributed by atoms with Gasteiger partial charge in [0.15, 0.2) is 0 Å². The second-order valence-corrected chi connectivity index (χ2v) is 4.92. The number of allylic oxidation sites excluding steroid dienone is 2. The first-order chi connectivity index (χ1) is 7.64. The van der Waals surface area contributed by atoms with Crippen LogP contribution in [-0.4, -0.2) is 5.78 Å². The highest BCUT2D eigenvalue weighted by Crippen LogP contribution is 2.42. The Morgan fingerprint density at radius 1 is 1.57 bits per heavy atom. The molecule has 0 heterocycles. The molecule has 0 fully saturated rings. The van der Waals surface area contributed by atoms with Crippen LogP contribution >= 0.6 is 0 Å². The first kappa shape index (κ1) is 7.67. The van der Waals surface area contributed by atoms with Gasteiger partial charge in [-0.1, -0.05) is 25.0 Å². The van der Waals surface area contributed by atoms with E-state index in [0.29, 0.717) is 6.42 Å². The Kier molecular flexibility index (Phi) is 2.35. The van der Waals surface area contributed by atoms with Crippen LogP contribution in [0.15, 0.2) is 11.1 Å². The van der Waals surface area contributed by atoms with Gasteiger partial charge in [-0.25, -0.2) is 0 Å². The van der Waals surface area contributed by atoms with Gasteiger partial charge in [-0.15, -0.1) is 0 Å². The first-order valence-electron chi connectivity index (χ1n) is 6.87. The van der Waals surface area contributed by atoms with Gasteiger partial charge in [-0.05, 0) is 44.9 Å². The molecule has 1 rings (SSSR count). The second-order valence-electron chi connectivity index (χ2n) is 4.92. The molecule has 0 saturated carbocycles. The van der Waals surface area contributed by atoms with Gasteiger partial charge >= 0.3 is 0 Å². The second kappa shape index (κ2) is 4.29. The quantitative estimate of drug-likeness (QED) is 0.627. The van der Waals surface area contributed by atoms with Crippen molar-refractivity contribution in [1.82, 2.24) is 0 Å². The third-order valence-electron chi connectivity index (χ3n) is 3.29. The van der Waals surface area contributed by atoms with E-state index < -0.39 is 12.6 Å². The van der Waals surface area contributed by atoms with Crippen molar-refractivity contribution < 1.29 is 8.91 Å². The maximum Gasteiger partial charge on any atom is 0.130 e. The third kappa shape index (κ3) is 2.70. The number of rotatable bonds is 3. The Labute approximate surface area is 91.8 Å². The van der Waals surface area contributed by atoms with Crippen LogP contribution in [0, 0.1) is 5.41 Å². The monoisotopic (exact) mass is 197 g/mol. The summed E-state index contributed by atoms with van der Waals surface area (Å²) in [5, 5.41) is 0. The summed E-state index contributed by atoms with van der Waals surface area (Å²) in [6.07, 6.45) is 4.15. The molecule has 0 amide bonds. The zero-order valence-corrected chi connectivity index (χ0v) is 9.44. The Balaban J connectivity index is 2.71. The smallest absolute Gasteiger partial charge is 0.130 e. The molecule has 1 aliphatic carbocycles. The largest absolute Gasteiger partial charge is 0.300 e. The van der Waals surface area contributed by atoms with E-state index in [1.807, 2.05) is 0 Å². The van der Waals surface area contributed by atoms with Crippen molar-refractivity contribution in [3.8, 4) is 0 Å². The van der Waals surface area contributed by atoms with Crippen LogP contribution in [0.4, 0.5) is 0 Å². The summed E-state index contributed by atoms with van der Waals surface area (Å²) in [4.78, 5) is 11.4. The van der Waals surface area contributed by atoms with Crippen molar-refractivity contribution in [3.05, 3.63) is 11.1 Å². The van der Waals surface area contributed by atoms with E-state index in [-0.39, 0.29) is 11.8 Å². The minimum absolute atomic E-state index is 0.122. The first-order valence-corrected chi connectivity index (χ1v) is 5.37. The number of carbonyl (C=O) groups is 1. The number of hydrogen-bond donors (Lipinski definition) is 0. The molecule has 0 aliphatic heterocycles. The summed E-state index contributed by atoms with van der Waals surface area (Å²) < 4.78 is 21.2. The molecule has 1 heteroatoms. The van der Waals surface area contributed by atoms with Gasteiger partial charge < -0.3 is 4.79 Å². The highest BCUT2D eigenvalue weighted by molar-refractivity contribution is 5.75. The topological polar surface area (TPSA) is 17.1 Å². The summed E-state index contributed by atoms with van der Waals surface area (Å²) in [6, 6.07) is 0. The lowest BCUT2D eigenvalue weighted by atomic mass is 9.71. The molecule has 0 saturated heterocycles. The molecule has 0 aromatic rings. The van der Waals surface area contributed by atoms with Crippen molar-refractivity contribution in [2.45, 2.75) is 59.7 Å². The van der Waals surface area contributed by atoms with E-state index in [0.717, 1.165) is 12.8 Å². The lowest BCUT2D eigenvalue weighted by Crippen LogP contribution is -2.20. The van der Waals surface area contributed by atoms with Crippen LogP contribution in [0.25, 0.3) is 0 Å². The summed E-state index contributed by atoms with van der Waals surface area (Å²) >= 11 is 0. The average molecular weight is 197 g/mol. The Morgan fingerprint density at radius 3 is 2.86 bits per heavy atom. The van der Waals surface area contributed by atoms with Gasteiger partial charge in [0.1, 0.15) is 5.78 Å². The zero-order chi connectivity index (χ0) is 13.3. The van der Waals surface area contributed by atoms with E-state index in [1.165, 1.54) is 17.6 Å². The number of ketones is 1. The number of carbonyl (C=O) groups excluding carboxylic acids is 1. The van der Waals surface area contributed by atoms with Gasteiger partial charge in [-0.2, -0.15) is 0 Å². The summed E-state index contributed by atoms with van der Waals surface area (Å²) in [5.41, 5.74) is 2.76. The molecule has 0 spiro atoms. The van der Waals surface area contributed by atoms with Gasteiger partial charge in [0.2, 0.25) is 0 Å². The van der Waals surface area contributed by atoms with E-state index in [4.69, 9.17) is 4.11 Å². The van der Waals surface area contributed by atoms with Crippen LogP contribution in [0.2, 0.25) is 0 Å². The molecular weight excluding hydrogens is 172 g/mol. The van der Waals surface area contributed by atoms with E-state index in [2.05, 4.69) is 20.8 Å². The summed E-state index contributed by atoms with van der Waals surface area (Å²) in [7, 11) is 0. The molecule has 0 aromatic heterocycles. The molecule has 14 heavy (non-hydrogen) atoms. The van der Waals surface area contributed by atoms with E-state index in [9.17, 15) is 4.79 Å². The molecular formula is C13H22O. The lowest BCUT2D eigenvalue weighted by molar-refractivity contribution is -0.117. The fourth-order valence-corrected chi connectivity index (χ4v) is 2.47. The van der Waals surface area contributed by atoms with Crippen molar-refractivity contribution in [2.24, 2.45) is 5.41 Å². The summed E-state index contributed by atoms with van der Waals surface area (Å²) in [6.45, 7) is 4.04. The standard InChI is InChI=1S/C13H22O/c1-10-6-5-9-13(3,4)12(10)8-7-11(2)14/h5-9H2,1-4H3/i2D3. The number of hydrogen-bond acceptors (Lipinski definition) is 1. The van der Waals surface area contributed by atoms with Crippen molar-refractivity contribution in [2.75, 3.05) is 0 Å². The van der Waals surface area contributed by atoms with Crippen molar-refractivity contribution in [3.63, 3.8) is 0 Å². The van der Waals surface area contributed by atoms with E-state index >= 15 is 0 Å². The van der Waals surface area contributed by atoms with Gasteiger partial charge in [0, 0.05) is 10.5 Å². The lowest BCUT2D eigenvalue weighted by Gasteiger charge is -2.34. The Morgan fingerprint density at radius 2 is 2.29 bits per heavy atom. The van der Waals surface area contributed by atoms with Gasteiger partial charge in [-0.3, -0.25) is 0 Å². The normalized spacial score (nSPS) is 25.2.